The van der Waals surface area contributed by atoms with Crippen LogP contribution in [0.1, 0.15) is 12.7 Å². The van der Waals surface area contributed by atoms with E-state index in [1.165, 1.54) is 18.3 Å². The zero-order valence-electron chi connectivity index (χ0n) is 14.1. The van der Waals surface area contributed by atoms with Crippen LogP contribution >= 0.6 is 11.6 Å². The summed E-state index contributed by atoms with van der Waals surface area (Å²) in [6, 6.07) is 10.2. The zero-order chi connectivity index (χ0) is 18.2. The number of nitrogens with zero attached hydrogens (tertiary/aromatic N) is 1. The van der Waals surface area contributed by atoms with Gasteiger partial charge in [0, 0.05) is 11.6 Å². The Morgan fingerprint density at radius 3 is 2.56 bits per heavy atom. The van der Waals surface area contributed by atoms with Crippen molar-refractivity contribution < 1.29 is 23.5 Å². The fourth-order valence-corrected chi connectivity index (χ4v) is 2.34. The number of hydrogen-bond acceptors (Lipinski definition) is 5. The molecule has 1 unspecified atom stereocenters. The highest BCUT2D eigenvalue weighted by atomic mass is 35.5. The molecule has 0 aliphatic carbocycles. The second kappa shape index (κ2) is 9.13. The van der Waals surface area contributed by atoms with Crippen molar-refractivity contribution in [3.63, 3.8) is 0 Å². The van der Waals surface area contributed by atoms with Crippen LogP contribution in [-0.2, 0) is 20.9 Å². The topological polar surface area (TPSA) is 69.0 Å². The summed E-state index contributed by atoms with van der Waals surface area (Å²) in [6.45, 7) is 2.00. The second-order valence-electron chi connectivity index (χ2n) is 5.52. The molecule has 6 nitrogen and oxygen atoms in total. The van der Waals surface area contributed by atoms with Crippen LogP contribution in [-0.4, -0.2) is 37.0 Å². The van der Waals surface area contributed by atoms with E-state index in [-0.39, 0.29) is 31.6 Å². The van der Waals surface area contributed by atoms with Gasteiger partial charge in [-0.05, 0) is 36.4 Å². The van der Waals surface area contributed by atoms with Crippen LogP contribution in [0.4, 0.5) is 0 Å². The third-order valence-corrected chi connectivity index (χ3v) is 3.81. The number of benzene rings is 1. The van der Waals surface area contributed by atoms with Crippen molar-refractivity contribution in [3.05, 3.63) is 53.4 Å². The molecule has 1 aromatic carbocycles. The third kappa shape index (κ3) is 5.83. The fourth-order valence-electron chi connectivity index (χ4n) is 2.22. The predicted molar refractivity (Wildman–Crippen MR) is 92.3 cm³/mol. The number of halogens is 1. The Balaban J connectivity index is 2.00. The van der Waals surface area contributed by atoms with Crippen molar-refractivity contribution in [1.82, 2.24) is 4.90 Å². The van der Waals surface area contributed by atoms with E-state index in [9.17, 15) is 9.59 Å². The molecule has 0 saturated carbocycles. The summed E-state index contributed by atoms with van der Waals surface area (Å²) < 4.78 is 15.5. The lowest BCUT2D eigenvalue weighted by Crippen LogP contribution is -2.39. The lowest BCUT2D eigenvalue weighted by Gasteiger charge is -2.24. The quantitative estimate of drug-likeness (QED) is 0.672. The number of amides is 1. The van der Waals surface area contributed by atoms with Gasteiger partial charge in [0.2, 0.25) is 0 Å². The Bertz CT molecular complexity index is 684. The van der Waals surface area contributed by atoms with Gasteiger partial charge in [-0.3, -0.25) is 9.59 Å². The Morgan fingerprint density at radius 2 is 1.96 bits per heavy atom. The summed E-state index contributed by atoms with van der Waals surface area (Å²) in [5.41, 5.74) is 0. The summed E-state index contributed by atoms with van der Waals surface area (Å²) in [5, 5.41) is 0.588. The molecule has 0 bridgehead atoms. The van der Waals surface area contributed by atoms with Crippen molar-refractivity contribution >= 4 is 23.5 Å². The minimum Gasteiger partial charge on any atom is -0.484 e. The highest BCUT2D eigenvalue weighted by Gasteiger charge is 2.23. The first-order valence-electron chi connectivity index (χ1n) is 7.76. The maximum absolute atomic E-state index is 12.5. The molecule has 1 heterocycles. The molecular formula is C18H20ClNO5. The SMILES string of the molecule is COC(=O)C(C)CN(Cc1ccco1)C(=O)COc1ccc(Cl)cc1. The van der Waals surface area contributed by atoms with Crippen molar-refractivity contribution in [1.29, 1.82) is 0 Å². The van der Waals surface area contributed by atoms with Gasteiger partial charge < -0.3 is 18.8 Å². The standard InChI is InChI=1S/C18H20ClNO5/c1-13(18(22)23-2)10-20(11-16-4-3-9-24-16)17(21)12-25-15-7-5-14(19)6-8-15/h3-9,13H,10-12H2,1-2H3. The van der Waals surface area contributed by atoms with Gasteiger partial charge in [0.1, 0.15) is 11.5 Å². The third-order valence-electron chi connectivity index (χ3n) is 3.55. The summed E-state index contributed by atoms with van der Waals surface area (Å²) in [4.78, 5) is 25.7. The van der Waals surface area contributed by atoms with E-state index in [0.29, 0.717) is 16.5 Å². The molecule has 0 aliphatic rings. The van der Waals surface area contributed by atoms with Crippen molar-refractivity contribution in [2.24, 2.45) is 5.92 Å². The van der Waals surface area contributed by atoms with Crippen LogP contribution in [0, 0.1) is 5.92 Å². The molecule has 0 spiro atoms. The number of hydrogen-bond donors (Lipinski definition) is 0. The van der Waals surface area contributed by atoms with E-state index in [1.54, 1.807) is 43.3 Å². The lowest BCUT2D eigenvalue weighted by atomic mass is 10.1. The first kappa shape index (κ1) is 18.9. The van der Waals surface area contributed by atoms with Crippen LogP contribution in [0.5, 0.6) is 5.75 Å². The van der Waals surface area contributed by atoms with E-state index in [1.807, 2.05) is 0 Å². The van der Waals surface area contributed by atoms with Gasteiger partial charge in [0.05, 0.1) is 25.8 Å². The minimum absolute atomic E-state index is 0.157. The van der Waals surface area contributed by atoms with Crippen LogP contribution < -0.4 is 4.74 Å². The number of rotatable bonds is 8. The van der Waals surface area contributed by atoms with Crippen LogP contribution in [0.15, 0.2) is 47.1 Å². The molecule has 1 aromatic heterocycles. The Kier molecular flexibility index (Phi) is 6.89. The molecule has 25 heavy (non-hydrogen) atoms. The zero-order valence-corrected chi connectivity index (χ0v) is 14.9. The van der Waals surface area contributed by atoms with Gasteiger partial charge in [-0.25, -0.2) is 0 Å². The number of furan rings is 1. The van der Waals surface area contributed by atoms with Crippen LogP contribution in [0.2, 0.25) is 5.02 Å². The number of carbonyl (C=O) groups is 2. The summed E-state index contributed by atoms with van der Waals surface area (Å²) >= 11 is 5.82. The van der Waals surface area contributed by atoms with Gasteiger partial charge in [0.15, 0.2) is 6.61 Å². The smallest absolute Gasteiger partial charge is 0.310 e. The highest BCUT2D eigenvalue weighted by molar-refractivity contribution is 6.30. The van der Waals surface area contributed by atoms with Gasteiger partial charge in [-0.15, -0.1) is 0 Å². The molecule has 0 fully saturated rings. The fraction of sp³-hybridized carbons (Fsp3) is 0.333. The van der Waals surface area contributed by atoms with E-state index in [4.69, 9.17) is 25.5 Å². The highest BCUT2D eigenvalue weighted by Crippen LogP contribution is 2.16. The monoisotopic (exact) mass is 365 g/mol. The average Bonchev–Trinajstić information content (AvgIpc) is 3.12. The predicted octanol–water partition coefficient (Wildman–Crippen LogP) is 3.15. The summed E-state index contributed by atoms with van der Waals surface area (Å²) in [7, 11) is 1.32. The molecule has 134 valence electrons. The van der Waals surface area contributed by atoms with Crippen molar-refractivity contribution in [2.45, 2.75) is 13.5 Å². The molecule has 1 atom stereocenters. The van der Waals surface area contributed by atoms with Gasteiger partial charge in [0.25, 0.3) is 5.91 Å². The molecule has 0 saturated heterocycles. The summed E-state index contributed by atoms with van der Waals surface area (Å²) in [6.07, 6.45) is 1.53. The van der Waals surface area contributed by atoms with E-state index >= 15 is 0 Å². The van der Waals surface area contributed by atoms with E-state index in [0.717, 1.165) is 0 Å². The van der Waals surface area contributed by atoms with Gasteiger partial charge in [-0.1, -0.05) is 18.5 Å². The average molecular weight is 366 g/mol. The Hall–Kier alpha value is -2.47. The lowest BCUT2D eigenvalue weighted by molar-refractivity contribution is -0.147. The molecule has 1 amide bonds. The molecular weight excluding hydrogens is 346 g/mol. The van der Waals surface area contributed by atoms with E-state index < -0.39 is 5.92 Å². The largest absolute Gasteiger partial charge is 0.484 e. The number of carbonyl (C=O) groups excluding carboxylic acids is 2. The van der Waals surface area contributed by atoms with Crippen molar-refractivity contribution in [2.75, 3.05) is 20.3 Å². The maximum atomic E-state index is 12.5. The first-order chi connectivity index (χ1) is 12.0. The molecule has 2 rings (SSSR count). The minimum atomic E-state index is -0.459. The van der Waals surface area contributed by atoms with Gasteiger partial charge >= 0.3 is 5.97 Å². The Morgan fingerprint density at radius 1 is 1.24 bits per heavy atom. The number of methoxy groups -OCH3 is 1. The molecule has 0 aliphatic heterocycles. The molecule has 7 heteroatoms. The molecule has 2 aromatic rings. The molecule has 0 radical (unpaired) electrons. The molecule has 0 N–H and O–H groups in total. The number of esters is 1. The summed E-state index contributed by atoms with van der Waals surface area (Å²) in [5.74, 6) is 0.0611. The van der Waals surface area contributed by atoms with Crippen LogP contribution in [0.3, 0.4) is 0 Å². The van der Waals surface area contributed by atoms with Gasteiger partial charge in [-0.2, -0.15) is 0 Å². The van der Waals surface area contributed by atoms with E-state index in [2.05, 4.69) is 0 Å². The second-order valence-corrected chi connectivity index (χ2v) is 5.96. The first-order valence-corrected chi connectivity index (χ1v) is 8.13. The van der Waals surface area contributed by atoms with Crippen LogP contribution in [0.25, 0.3) is 0 Å². The Labute approximate surface area is 151 Å². The normalized spacial score (nSPS) is 11.6. The van der Waals surface area contributed by atoms with Crippen molar-refractivity contribution in [3.8, 4) is 5.75 Å². The maximum Gasteiger partial charge on any atom is 0.310 e. The number of ether oxygens (including phenoxy) is 2.